The lowest BCUT2D eigenvalue weighted by molar-refractivity contribution is -0.160. The van der Waals surface area contributed by atoms with Gasteiger partial charge in [-0.3, -0.25) is 19.6 Å². The van der Waals surface area contributed by atoms with Crippen LogP contribution < -0.4 is 5.32 Å². The first kappa shape index (κ1) is 30.4. The Morgan fingerprint density at radius 2 is 1.79 bits per heavy atom. The van der Waals surface area contributed by atoms with E-state index >= 15 is 0 Å². The van der Waals surface area contributed by atoms with Crippen molar-refractivity contribution in [3.8, 4) is 11.1 Å². The Kier molecular flexibility index (Phi) is 7.68. The molecule has 1 aromatic heterocycles. The van der Waals surface area contributed by atoms with Crippen LogP contribution in [0.25, 0.3) is 11.1 Å². The van der Waals surface area contributed by atoms with Crippen LogP contribution in [0.2, 0.25) is 5.02 Å². The largest absolute Gasteiger partial charge is 0.509 e. The molecule has 2 aliphatic rings. The number of aromatic nitrogens is 1. The number of aliphatic hydroxyl groups is 1. The molecule has 1 saturated heterocycles. The summed E-state index contributed by atoms with van der Waals surface area (Å²) in [5, 5.41) is 17.0. The molecule has 7 nitrogen and oxygen atoms in total. The summed E-state index contributed by atoms with van der Waals surface area (Å²) in [6.07, 6.45) is -7.87. The number of pyridine rings is 1. The fraction of sp³-hybridized carbons (Fsp3) is 0.276. The minimum absolute atomic E-state index is 0.0269. The van der Waals surface area contributed by atoms with Crippen LogP contribution in [-0.2, 0) is 28.5 Å². The van der Waals surface area contributed by atoms with Gasteiger partial charge >= 0.3 is 12.4 Å². The molecule has 3 aromatic rings. The molecule has 1 fully saturated rings. The predicted molar refractivity (Wildman–Crippen MR) is 144 cm³/mol. The van der Waals surface area contributed by atoms with Crippen molar-refractivity contribution in [2.24, 2.45) is 0 Å². The maximum atomic E-state index is 13.7. The van der Waals surface area contributed by atoms with Crippen LogP contribution in [0.5, 0.6) is 0 Å². The smallest absolute Gasteiger partial charge is 0.433 e. The molecule has 0 aliphatic carbocycles. The number of amides is 2. The second kappa shape index (κ2) is 10.9. The minimum Gasteiger partial charge on any atom is -0.509 e. The van der Waals surface area contributed by atoms with Gasteiger partial charge in [-0.1, -0.05) is 35.9 Å². The van der Waals surface area contributed by atoms with Gasteiger partial charge in [0.05, 0.1) is 17.6 Å². The zero-order valence-electron chi connectivity index (χ0n) is 22.4. The van der Waals surface area contributed by atoms with E-state index < -0.39 is 52.3 Å². The first-order valence-electron chi connectivity index (χ1n) is 12.9. The average molecular weight is 625 g/mol. The highest BCUT2D eigenvalue weighted by Gasteiger charge is 2.52. The van der Waals surface area contributed by atoms with Crippen molar-refractivity contribution in [3.05, 3.63) is 94.0 Å². The lowest BCUT2D eigenvalue weighted by Crippen LogP contribution is -2.60. The van der Waals surface area contributed by atoms with Gasteiger partial charge in [0.15, 0.2) is 0 Å². The standard InChI is InChI=1S/C29H23ClF6N4O3/c1-27-11-4-12-40(27)39(15-17-5-2-3-6-20(17)30)26(43)23(24(27)41)25(42)38-21-9-8-18(28(31,32)33)13-19(21)16-7-10-22(37-14-16)29(34,35)36/h2-3,5-10,13-14,41H,4,11-12,15H2,1H3,(H,38,42)/t27-/m1/s1. The number of fused-ring (bicyclic) bond motifs is 1. The highest BCUT2D eigenvalue weighted by atomic mass is 35.5. The Morgan fingerprint density at radius 3 is 2.42 bits per heavy atom. The minimum atomic E-state index is -4.81. The van der Waals surface area contributed by atoms with E-state index in [9.17, 15) is 41.0 Å². The first-order chi connectivity index (χ1) is 20.1. The molecule has 1 atom stereocenters. The average Bonchev–Trinajstić information content (AvgIpc) is 3.34. The summed E-state index contributed by atoms with van der Waals surface area (Å²) in [6, 6.07) is 10.5. The Bertz CT molecular complexity index is 1620. The third kappa shape index (κ3) is 5.66. The topological polar surface area (TPSA) is 85.8 Å². The fourth-order valence-corrected chi connectivity index (χ4v) is 5.51. The maximum absolute atomic E-state index is 13.7. The number of hydrogen-bond acceptors (Lipinski definition) is 5. The third-order valence-electron chi connectivity index (χ3n) is 7.55. The van der Waals surface area contributed by atoms with Crippen molar-refractivity contribution in [3.63, 3.8) is 0 Å². The van der Waals surface area contributed by atoms with E-state index in [2.05, 4.69) is 10.3 Å². The summed E-state index contributed by atoms with van der Waals surface area (Å²) in [5.41, 5.74) is -4.27. The number of alkyl halides is 6. The SMILES string of the molecule is C[C@]12CCCN1N(Cc1ccccc1Cl)C(=O)C(C(=O)Nc1ccc(C(F)(F)F)cc1-c1ccc(C(F)(F)F)nc1)=C2O. The van der Waals surface area contributed by atoms with Crippen LogP contribution in [0.15, 0.2) is 72.1 Å². The van der Waals surface area contributed by atoms with E-state index in [-0.39, 0.29) is 23.4 Å². The van der Waals surface area contributed by atoms with Crippen LogP contribution >= 0.6 is 11.6 Å². The van der Waals surface area contributed by atoms with Gasteiger partial charge in [0.2, 0.25) is 0 Å². The number of hydrazine groups is 1. The number of hydrogen-bond donors (Lipinski definition) is 2. The Hall–Kier alpha value is -4.10. The van der Waals surface area contributed by atoms with Crippen molar-refractivity contribution >= 4 is 29.1 Å². The monoisotopic (exact) mass is 624 g/mol. The van der Waals surface area contributed by atoms with Crippen molar-refractivity contribution in [2.75, 3.05) is 11.9 Å². The zero-order valence-corrected chi connectivity index (χ0v) is 23.1. The normalized spacial score (nSPS) is 19.5. The molecule has 2 amide bonds. The van der Waals surface area contributed by atoms with Gasteiger partial charge in [-0.15, -0.1) is 0 Å². The van der Waals surface area contributed by atoms with E-state index in [1.165, 1.54) is 5.01 Å². The Labute approximate surface area is 246 Å². The number of rotatable bonds is 5. The summed E-state index contributed by atoms with van der Waals surface area (Å²) in [5.74, 6) is -2.48. The molecule has 14 heteroatoms. The van der Waals surface area contributed by atoms with Crippen molar-refractivity contribution in [2.45, 2.75) is 44.2 Å². The molecular formula is C29H23ClF6N4O3. The van der Waals surface area contributed by atoms with Gasteiger partial charge in [0.25, 0.3) is 11.8 Å². The molecule has 2 aromatic carbocycles. The second-order valence-electron chi connectivity index (χ2n) is 10.3. The van der Waals surface area contributed by atoms with Crippen molar-refractivity contribution in [1.29, 1.82) is 0 Å². The van der Waals surface area contributed by atoms with E-state index in [0.29, 0.717) is 48.2 Å². The summed E-state index contributed by atoms with van der Waals surface area (Å²) < 4.78 is 79.8. The highest BCUT2D eigenvalue weighted by Crippen LogP contribution is 2.43. The highest BCUT2D eigenvalue weighted by molar-refractivity contribution is 6.31. The van der Waals surface area contributed by atoms with Crippen LogP contribution in [0.1, 0.15) is 36.6 Å². The Morgan fingerprint density at radius 1 is 1.07 bits per heavy atom. The fourth-order valence-electron chi connectivity index (χ4n) is 5.31. The zero-order chi connectivity index (χ0) is 31.3. The lowest BCUT2D eigenvalue weighted by Gasteiger charge is -2.46. The van der Waals surface area contributed by atoms with Gasteiger partial charge in [0, 0.05) is 34.6 Å². The van der Waals surface area contributed by atoms with E-state index in [1.807, 2.05) is 0 Å². The molecule has 2 aliphatic heterocycles. The van der Waals surface area contributed by atoms with E-state index in [0.717, 1.165) is 18.3 Å². The molecule has 3 heterocycles. The number of halogens is 7. The third-order valence-corrected chi connectivity index (χ3v) is 7.92. The number of nitrogens with zero attached hydrogens (tertiary/aromatic N) is 3. The number of carbonyl (C=O) groups is 2. The summed E-state index contributed by atoms with van der Waals surface area (Å²) in [7, 11) is 0. The number of carbonyl (C=O) groups excluding carboxylic acids is 2. The van der Waals surface area contributed by atoms with Gasteiger partial charge in [0.1, 0.15) is 17.0 Å². The second-order valence-corrected chi connectivity index (χ2v) is 10.7. The summed E-state index contributed by atoms with van der Waals surface area (Å²) in [6.45, 7) is 2.03. The van der Waals surface area contributed by atoms with Crippen molar-refractivity contribution in [1.82, 2.24) is 15.0 Å². The molecule has 0 radical (unpaired) electrons. The lowest BCUT2D eigenvalue weighted by atomic mass is 9.90. The Balaban J connectivity index is 1.54. The predicted octanol–water partition coefficient (Wildman–Crippen LogP) is 7.00. The quantitative estimate of drug-likeness (QED) is 0.236. The molecule has 0 spiro atoms. The molecule has 0 unspecified atom stereocenters. The van der Waals surface area contributed by atoms with Gasteiger partial charge in [-0.25, -0.2) is 5.01 Å². The molecule has 2 N–H and O–H groups in total. The van der Waals surface area contributed by atoms with Crippen LogP contribution in [0, 0.1) is 0 Å². The first-order valence-corrected chi connectivity index (χ1v) is 13.3. The number of nitrogens with one attached hydrogen (secondary N) is 1. The number of anilines is 1. The van der Waals surface area contributed by atoms with Crippen LogP contribution in [-0.4, -0.2) is 44.0 Å². The van der Waals surface area contributed by atoms with Gasteiger partial charge in [-0.05, 0) is 55.7 Å². The number of aliphatic hydroxyl groups excluding tert-OH is 1. The summed E-state index contributed by atoms with van der Waals surface area (Å²) >= 11 is 6.31. The van der Waals surface area contributed by atoms with E-state index in [4.69, 9.17) is 11.6 Å². The number of benzene rings is 2. The molecular weight excluding hydrogens is 602 g/mol. The van der Waals surface area contributed by atoms with Crippen LogP contribution in [0.4, 0.5) is 32.0 Å². The summed E-state index contributed by atoms with van der Waals surface area (Å²) in [4.78, 5) is 30.7. The molecule has 226 valence electrons. The molecule has 0 saturated carbocycles. The van der Waals surface area contributed by atoms with Gasteiger partial charge < -0.3 is 10.4 Å². The molecule has 0 bridgehead atoms. The van der Waals surface area contributed by atoms with Crippen LogP contribution in [0.3, 0.4) is 0 Å². The van der Waals surface area contributed by atoms with Gasteiger partial charge in [-0.2, -0.15) is 26.3 Å². The molecule has 43 heavy (non-hydrogen) atoms. The van der Waals surface area contributed by atoms with Crippen molar-refractivity contribution < 1.29 is 41.0 Å². The maximum Gasteiger partial charge on any atom is 0.433 e. The molecule has 5 rings (SSSR count). The van der Waals surface area contributed by atoms with E-state index in [1.54, 1.807) is 36.2 Å².